The van der Waals surface area contributed by atoms with E-state index < -0.39 is 0 Å². The summed E-state index contributed by atoms with van der Waals surface area (Å²) >= 11 is 0. The molecule has 102 valence electrons. The Morgan fingerprint density at radius 2 is 2.16 bits per heavy atom. The van der Waals surface area contributed by atoms with Gasteiger partial charge in [-0.25, -0.2) is 0 Å². The number of nitrogens with zero attached hydrogens (tertiary/aromatic N) is 1. The monoisotopic (exact) mass is 258 g/mol. The Labute approximate surface area is 115 Å². The molecule has 3 atom stereocenters. The lowest BCUT2D eigenvalue weighted by atomic mass is 10.1. The zero-order chi connectivity index (χ0) is 13.2. The number of rotatable bonds is 4. The lowest BCUT2D eigenvalue weighted by molar-refractivity contribution is -0.134. The van der Waals surface area contributed by atoms with E-state index in [-0.39, 0.29) is 5.92 Å². The quantitative estimate of drug-likeness (QED) is 0.896. The van der Waals surface area contributed by atoms with Gasteiger partial charge < -0.3 is 10.2 Å². The van der Waals surface area contributed by atoms with Gasteiger partial charge in [0.25, 0.3) is 0 Å². The van der Waals surface area contributed by atoms with E-state index in [1.165, 1.54) is 5.56 Å². The molecule has 19 heavy (non-hydrogen) atoms. The van der Waals surface area contributed by atoms with E-state index in [4.69, 9.17) is 0 Å². The van der Waals surface area contributed by atoms with Crippen molar-refractivity contribution < 1.29 is 4.79 Å². The summed E-state index contributed by atoms with van der Waals surface area (Å²) < 4.78 is 0. The molecule has 1 saturated heterocycles. The largest absolute Gasteiger partial charge is 0.338 e. The molecule has 1 aromatic rings. The summed E-state index contributed by atoms with van der Waals surface area (Å²) in [5.41, 5.74) is 1.32. The third-order valence-corrected chi connectivity index (χ3v) is 4.43. The van der Waals surface area contributed by atoms with Gasteiger partial charge in [-0.05, 0) is 37.8 Å². The van der Waals surface area contributed by atoms with Gasteiger partial charge >= 0.3 is 0 Å². The van der Waals surface area contributed by atoms with Crippen LogP contribution in [0.3, 0.4) is 0 Å². The van der Waals surface area contributed by atoms with Gasteiger partial charge in [0.2, 0.25) is 5.91 Å². The third kappa shape index (κ3) is 2.52. The van der Waals surface area contributed by atoms with Crippen LogP contribution in [0, 0.1) is 5.92 Å². The standard InChI is InChI=1S/C16H22N2O/c1-2-18(13-8-9-17-11-13)16(19)15-10-14(15)12-6-4-3-5-7-12/h3-7,13-15,17H,2,8-11H2,1H3. The Kier molecular flexibility index (Phi) is 3.56. The van der Waals surface area contributed by atoms with Crippen molar-refractivity contribution in [1.82, 2.24) is 10.2 Å². The van der Waals surface area contributed by atoms with Crippen molar-refractivity contribution >= 4 is 5.91 Å². The van der Waals surface area contributed by atoms with E-state index in [1.807, 2.05) is 6.07 Å². The maximum Gasteiger partial charge on any atom is 0.226 e. The van der Waals surface area contributed by atoms with Crippen molar-refractivity contribution in [3.8, 4) is 0 Å². The molecule has 0 bridgehead atoms. The Balaban J connectivity index is 1.65. The van der Waals surface area contributed by atoms with Gasteiger partial charge in [0, 0.05) is 25.0 Å². The fourth-order valence-electron chi connectivity index (χ4n) is 3.25. The van der Waals surface area contributed by atoms with Crippen LogP contribution in [0.25, 0.3) is 0 Å². The predicted octanol–water partition coefficient (Wildman–Crippen LogP) is 2.00. The Morgan fingerprint density at radius 1 is 1.37 bits per heavy atom. The molecule has 3 unspecified atom stereocenters. The number of carbonyl (C=O) groups is 1. The highest BCUT2D eigenvalue weighted by atomic mass is 16.2. The fraction of sp³-hybridized carbons (Fsp3) is 0.562. The molecular formula is C16H22N2O. The summed E-state index contributed by atoms with van der Waals surface area (Å²) in [7, 11) is 0. The molecule has 3 rings (SSSR count). The SMILES string of the molecule is CCN(C(=O)C1CC1c1ccccc1)C1CCNC1. The maximum absolute atomic E-state index is 12.6. The van der Waals surface area contributed by atoms with E-state index in [1.54, 1.807) is 0 Å². The van der Waals surface area contributed by atoms with E-state index in [0.29, 0.717) is 17.9 Å². The molecule has 1 aromatic carbocycles. The smallest absolute Gasteiger partial charge is 0.226 e. The summed E-state index contributed by atoms with van der Waals surface area (Å²) in [5, 5.41) is 3.35. The summed E-state index contributed by atoms with van der Waals surface area (Å²) in [6.45, 7) is 4.93. The zero-order valence-corrected chi connectivity index (χ0v) is 11.5. The lowest BCUT2D eigenvalue weighted by Gasteiger charge is -2.27. The molecule has 1 amide bonds. The minimum atomic E-state index is 0.225. The average Bonchev–Trinajstić information content (AvgIpc) is 3.09. The van der Waals surface area contributed by atoms with Gasteiger partial charge in [-0.15, -0.1) is 0 Å². The molecular weight excluding hydrogens is 236 g/mol. The highest BCUT2D eigenvalue weighted by Crippen LogP contribution is 2.48. The van der Waals surface area contributed by atoms with Gasteiger partial charge in [0.05, 0.1) is 0 Å². The van der Waals surface area contributed by atoms with Gasteiger partial charge in [0.1, 0.15) is 0 Å². The summed E-state index contributed by atoms with van der Waals surface area (Å²) in [6.07, 6.45) is 2.13. The van der Waals surface area contributed by atoms with E-state index in [9.17, 15) is 4.79 Å². The van der Waals surface area contributed by atoms with Gasteiger partial charge in [-0.3, -0.25) is 4.79 Å². The highest BCUT2D eigenvalue weighted by Gasteiger charge is 2.46. The van der Waals surface area contributed by atoms with Crippen LogP contribution in [0.5, 0.6) is 0 Å². The molecule has 1 aliphatic carbocycles. The minimum Gasteiger partial charge on any atom is -0.338 e. The highest BCUT2D eigenvalue weighted by molar-refractivity contribution is 5.83. The molecule has 1 aliphatic heterocycles. The molecule has 0 aromatic heterocycles. The minimum absolute atomic E-state index is 0.225. The molecule has 0 radical (unpaired) electrons. The number of likely N-dealkylation sites (N-methyl/N-ethyl adjacent to an activating group) is 1. The van der Waals surface area contributed by atoms with Crippen LogP contribution in [-0.2, 0) is 4.79 Å². The second kappa shape index (κ2) is 5.33. The molecule has 1 N–H and O–H groups in total. The van der Waals surface area contributed by atoms with Crippen LogP contribution in [0.15, 0.2) is 30.3 Å². The second-order valence-electron chi connectivity index (χ2n) is 5.63. The van der Waals surface area contributed by atoms with Crippen molar-refractivity contribution in [3.63, 3.8) is 0 Å². The molecule has 3 nitrogen and oxygen atoms in total. The number of amides is 1. The van der Waals surface area contributed by atoms with Crippen LogP contribution in [-0.4, -0.2) is 36.5 Å². The number of hydrogen-bond donors (Lipinski definition) is 1. The number of benzene rings is 1. The summed E-state index contributed by atoms with van der Waals surface area (Å²) in [6, 6.07) is 10.9. The van der Waals surface area contributed by atoms with Crippen molar-refractivity contribution in [2.75, 3.05) is 19.6 Å². The van der Waals surface area contributed by atoms with Crippen molar-refractivity contribution in [3.05, 3.63) is 35.9 Å². The van der Waals surface area contributed by atoms with Gasteiger partial charge in [-0.2, -0.15) is 0 Å². The average molecular weight is 258 g/mol. The van der Waals surface area contributed by atoms with Crippen LogP contribution < -0.4 is 5.32 Å². The van der Waals surface area contributed by atoms with E-state index in [0.717, 1.165) is 32.5 Å². The van der Waals surface area contributed by atoms with Crippen LogP contribution in [0.1, 0.15) is 31.2 Å². The fourth-order valence-corrected chi connectivity index (χ4v) is 3.25. The Morgan fingerprint density at radius 3 is 2.79 bits per heavy atom. The molecule has 1 saturated carbocycles. The van der Waals surface area contributed by atoms with Crippen LogP contribution >= 0.6 is 0 Å². The molecule has 2 aliphatic rings. The normalized spacial score (nSPS) is 29.2. The number of carbonyl (C=O) groups excluding carboxylic acids is 1. The lowest BCUT2D eigenvalue weighted by Crippen LogP contribution is -2.42. The van der Waals surface area contributed by atoms with Gasteiger partial charge in [0.15, 0.2) is 0 Å². The zero-order valence-electron chi connectivity index (χ0n) is 11.5. The molecule has 1 heterocycles. The van der Waals surface area contributed by atoms with E-state index in [2.05, 4.69) is 41.4 Å². The summed E-state index contributed by atoms with van der Waals surface area (Å²) in [4.78, 5) is 14.7. The topological polar surface area (TPSA) is 32.3 Å². The second-order valence-corrected chi connectivity index (χ2v) is 5.63. The van der Waals surface area contributed by atoms with Crippen LogP contribution in [0.2, 0.25) is 0 Å². The summed E-state index contributed by atoms with van der Waals surface area (Å²) in [5.74, 6) is 1.05. The first-order valence-electron chi connectivity index (χ1n) is 7.37. The Bertz CT molecular complexity index is 439. The number of nitrogens with one attached hydrogen (secondary N) is 1. The van der Waals surface area contributed by atoms with Crippen molar-refractivity contribution in [2.45, 2.75) is 31.7 Å². The first kappa shape index (κ1) is 12.7. The van der Waals surface area contributed by atoms with E-state index >= 15 is 0 Å². The van der Waals surface area contributed by atoms with Gasteiger partial charge in [-0.1, -0.05) is 30.3 Å². The molecule has 3 heteroatoms. The molecule has 2 fully saturated rings. The van der Waals surface area contributed by atoms with Crippen LogP contribution in [0.4, 0.5) is 0 Å². The third-order valence-electron chi connectivity index (χ3n) is 4.43. The predicted molar refractivity (Wildman–Crippen MR) is 76.0 cm³/mol. The first-order valence-corrected chi connectivity index (χ1v) is 7.37. The Hall–Kier alpha value is -1.35. The molecule has 0 spiro atoms. The number of hydrogen-bond acceptors (Lipinski definition) is 2. The van der Waals surface area contributed by atoms with Crippen molar-refractivity contribution in [2.24, 2.45) is 5.92 Å². The first-order chi connectivity index (χ1) is 9.31. The van der Waals surface area contributed by atoms with Crippen molar-refractivity contribution in [1.29, 1.82) is 0 Å². The maximum atomic E-state index is 12.6.